The SMILES string of the molecule is CC/C=C\C/C=C\C/C=C\C/C=C\C/C=C\CCCC(=O)OCC(COP(=O)(O)OCC(O)COP(=O)(O)OCC(COC(=O)CCCCCCCCCCCCCCCCC)OC(=O)CCCCCCC/C=C\C/C=C\CCC)OC(=O)CCCCCCCCC/C=C\C/C=C\C/C=C\CC. The van der Waals surface area contributed by atoms with E-state index in [2.05, 4.69) is 137 Å². The van der Waals surface area contributed by atoms with Gasteiger partial charge in [-0.15, -0.1) is 0 Å². The number of phosphoric acid groups is 2. The summed E-state index contributed by atoms with van der Waals surface area (Å²) in [6.45, 7) is 4.52. The lowest BCUT2D eigenvalue weighted by atomic mass is 10.0. The first-order valence-corrected chi connectivity index (χ1v) is 42.8. The summed E-state index contributed by atoms with van der Waals surface area (Å²) in [7, 11) is -9.98. The standard InChI is InChI=1S/C83H142O17P2/c1-5-9-13-17-21-25-29-33-36-38-41-45-48-52-56-60-64-68-81(86)94-74-79(100-83(88)70-66-62-58-54-50-46-42-39-37-34-30-26-22-18-14-10-6-2)76-98-102(91,92)96-72-77(84)71-95-101(89,90)97-75-78(99-82(87)69-65-61-57-53-49-43-32-28-24-20-16-12-8-4)73-93-80(85)67-63-59-55-51-47-44-40-35-31-27-23-19-15-11-7-3/h9-10,13-14,16,20-22,25-26,28,32-34,36-37,41,45,52,56,77-79,84H,5-8,11-12,15,17-19,23-24,27,29-31,35,38-40,42-44,46-51,53-55,57-76H2,1-4H3,(H,89,90)(H,91,92)/b13-9-,14-10-,20-16-,25-21-,26-22-,32-28-,36-33-,37-34-,45-41-,56-52-. The predicted molar refractivity (Wildman–Crippen MR) is 418 cm³/mol. The molecule has 0 aliphatic heterocycles. The number of unbranched alkanes of at least 4 members (excludes halogenated alkanes) is 28. The lowest BCUT2D eigenvalue weighted by molar-refractivity contribution is -0.161. The van der Waals surface area contributed by atoms with Gasteiger partial charge in [0, 0.05) is 25.7 Å². The van der Waals surface area contributed by atoms with Gasteiger partial charge >= 0.3 is 39.5 Å². The first-order valence-electron chi connectivity index (χ1n) is 39.8. The predicted octanol–water partition coefficient (Wildman–Crippen LogP) is 23.1. The molecule has 17 nitrogen and oxygen atoms in total. The second kappa shape index (κ2) is 74.7. The zero-order valence-electron chi connectivity index (χ0n) is 64.0. The zero-order valence-corrected chi connectivity index (χ0v) is 65.8. The molecule has 5 atom stereocenters. The van der Waals surface area contributed by atoms with Crippen molar-refractivity contribution < 1.29 is 80.2 Å². The molecule has 0 aliphatic rings. The summed E-state index contributed by atoms with van der Waals surface area (Å²) in [5.74, 6) is -2.26. The molecule has 0 bridgehead atoms. The molecule has 0 saturated heterocycles. The lowest BCUT2D eigenvalue weighted by Crippen LogP contribution is -2.30. The van der Waals surface area contributed by atoms with E-state index >= 15 is 0 Å². The minimum atomic E-state index is -4.99. The van der Waals surface area contributed by atoms with Gasteiger partial charge in [-0.3, -0.25) is 37.3 Å². The molecule has 102 heavy (non-hydrogen) atoms. The highest BCUT2D eigenvalue weighted by atomic mass is 31.2. The molecule has 586 valence electrons. The van der Waals surface area contributed by atoms with Crippen LogP contribution in [0.4, 0.5) is 0 Å². The maximum Gasteiger partial charge on any atom is 0.472 e. The van der Waals surface area contributed by atoms with Crippen LogP contribution in [0.2, 0.25) is 0 Å². The van der Waals surface area contributed by atoms with E-state index < -0.39 is 97.5 Å². The van der Waals surface area contributed by atoms with E-state index in [0.29, 0.717) is 32.1 Å². The Morgan fingerprint density at radius 1 is 0.284 bits per heavy atom. The van der Waals surface area contributed by atoms with E-state index in [4.69, 9.17) is 37.0 Å². The van der Waals surface area contributed by atoms with Crippen molar-refractivity contribution >= 4 is 39.5 Å². The number of carbonyl (C=O) groups is 4. The molecule has 0 aliphatic carbocycles. The Balaban J connectivity index is 5.41. The number of aliphatic hydroxyl groups is 1. The molecule has 0 heterocycles. The summed E-state index contributed by atoms with van der Waals surface area (Å²) in [5.41, 5.74) is 0. The monoisotopic (exact) mass is 1470 g/mol. The summed E-state index contributed by atoms with van der Waals surface area (Å²) in [6.07, 6.45) is 81.8. The second-order valence-electron chi connectivity index (χ2n) is 26.2. The van der Waals surface area contributed by atoms with Crippen molar-refractivity contribution in [2.75, 3.05) is 39.6 Å². The molecule has 0 amide bonds. The van der Waals surface area contributed by atoms with E-state index in [1.807, 2.05) is 12.2 Å². The molecule has 0 saturated carbocycles. The second-order valence-corrected chi connectivity index (χ2v) is 29.2. The van der Waals surface area contributed by atoms with Gasteiger partial charge in [0.25, 0.3) is 0 Å². The van der Waals surface area contributed by atoms with Crippen molar-refractivity contribution in [1.29, 1.82) is 0 Å². The molecule has 0 aromatic carbocycles. The van der Waals surface area contributed by atoms with Crippen LogP contribution in [0.15, 0.2) is 122 Å². The first kappa shape index (κ1) is 97.5. The van der Waals surface area contributed by atoms with Crippen molar-refractivity contribution in [3.8, 4) is 0 Å². The third-order valence-corrected chi connectivity index (χ3v) is 18.3. The quantitative estimate of drug-likeness (QED) is 0.0169. The van der Waals surface area contributed by atoms with Crippen LogP contribution in [0.3, 0.4) is 0 Å². The molecule has 19 heteroatoms. The number of phosphoric ester groups is 2. The van der Waals surface area contributed by atoms with Gasteiger partial charge in [-0.2, -0.15) is 0 Å². The number of rotatable bonds is 74. The lowest BCUT2D eigenvalue weighted by Gasteiger charge is -2.21. The largest absolute Gasteiger partial charge is 0.472 e. The molecule has 5 unspecified atom stereocenters. The molecule has 3 N–H and O–H groups in total. The van der Waals surface area contributed by atoms with Gasteiger partial charge in [0.15, 0.2) is 12.2 Å². The first-order chi connectivity index (χ1) is 49.7. The third kappa shape index (κ3) is 73.8. The van der Waals surface area contributed by atoms with E-state index in [0.717, 1.165) is 167 Å². The van der Waals surface area contributed by atoms with E-state index in [1.54, 1.807) is 0 Å². The topological polar surface area (TPSA) is 237 Å². The van der Waals surface area contributed by atoms with Crippen molar-refractivity contribution in [1.82, 2.24) is 0 Å². The minimum absolute atomic E-state index is 0.0690. The Hall–Kier alpha value is -4.54. The average molecular weight is 1470 g/mol. The van der Waals surface area contributed by atoms with Gasteiger partial charge in [0.05, 0.1) is 26.4 Å². The van der Waals surface area contributed by atoms with E-state index in [-0.39, 0.29) is 25.7 Å². The Morgan fingerprint density at radius 2 is 0.539 bits per heavy atom. The highest BCUT2D eigenvalue weighted by Gasteiger charge is 2.30. The molecule has 0 fully saturated rings. The molecular weight excluding hydrogens is 1330 g/mol. The fourth-order valence-electron chi connectivity index (χ4n) is 10.4. The molecular formula is C83H142O17P2. The average Bonchev–Trinajstić information content (AvgIpc) is 0.959. The van der Waals surface area contributed by atoms with Crippen molar-refractivity contribution in [2.45, 2.75) is 341 Å². The fourth-order valence-corrected chi connectivity index (χ4v) is 12.0. The molecule has 0 radical (unpaired) electrons. The maximum absolute atomic E-state index is 13.1. The fraction of sp³-hybridized carbons (Fsp3) is 0.711. The normalized spacial score (nSPS) is 14.5. The highest BCUT2D eigenvalue weighted by Crippen LogP contribution is 2.45. The van der Waals surface area contributed by atoms with Crippen molar-refractivity contribution in [3.63, 3.8) is 0 Å². The number of esters is 4. The van der Waals surface area contributed by atoms with Gasteiger partial charge < -0.3 is 33.8 Å². The molecule has 0 aromatic rings. The number of hydrogen-bond acceptors (Lipinski definition) is 15. The summed E-state index contributed by atoms with van der Waals surface area (Å²) in [6, 6.07) is 0. The smallest absolute Gasteiger partial charge is 0.462 e. The van der Waals surface area contributed by atoms with Crippen LogP contribution >= 0.6 is 15.6 Å². The number of carbonyl (C=O) groups excluding carboxylic acids is 4. The van der Waals surface area contributed by atoms with Gasteiger partial charge in [-0.25, -0.2) is 9.13 Å². The number of aliphatic hydroxyl groups excluding tert-OH is 1. The molecule has 0 spiro atoms. The number of allylic oxidation sites excluding steroid dienone is 20. The van der Waals surface area contributed by atoms with Crippen LogP contribution in [0.25, 0.3) is 0 Å². The van der Waals surface area contributed by atoms with Crippen LogP contribution in [0.1, 0.15) is 323 Å². The van der Waals surface area contributed by atoms with Crippen LogP contribution in [-0.4, -0.2) is 96.7 Å². The highest BCUT2D eigenvalue weighted by molar-refractivity contribution is 7.47. The van der Waals surface area contributed by atoms with Gasteiger partial charge in [-0.1, -0.05) is 297 Å². The number of hydrogen-bond donors (Lipinski definition) is 3. The van der Waals surface area contributed by atoms with E-state index in [9.17, 15) is 43.2 Å². The summed E-state index contributed by atoms with van der Waals surface area (Å²) >= 11 is 0. The Kier molecular flexibility index (Phi) is 71.4. The van der Waals surface area contributed by atoms with Gasteiger partial charge in [-0.05, 0) is 122 Å². The van der Waals surface area contributed by atoms with Gasteiger partial charge in [0.1, 0.15) is 19.3 Å². The maximum atomic E-state index is 13.1. The Morgan fingerprint density at radius 3 is 0.863 bits per heavy atom. The van der Waals surface area contributed by atoms with Crippen molar-refractivity contribution in [3.05, 3.63) is 122 Å². The molecule has 0 rings (SSSR count). The van der Waals surface area contributed by atoms with Gasteiger partial charge in [0.2, 0.25) is 0 Å². The Bertz CT molecular complexity index is 2410. The van der Waals surface area contributed by atoms with Crippen molar-refractivity contribution in [2.24, 2.45) is 0 Å². The van der Waals surface area contributed by atoms with Crippen LogP contribution in [0.5, 0.6) is 0 Å². The third-order valence-electron chi connectivity index (χ3n) is 16.4. The molecule has 0 aromatic heterocycles. The number of ether oxygens (including phenoxy) is 4. The summed E-state index contributed by atoms with van der Waals surface area (Å²) in [5, 5.41) is 10.6. The van der Waals surface area contributed by atoms with Crippen LogP contribution in [-0.2, 0) is 65.4 Å². The summed E-state index contributed by atoms with van der Waals surface area (Å²) < 4.78 is 68.5. The van der Waals surface area contributed by atoms with Crippen LogP contribution in [0, 0.1) is 0 Å². The summed E-state index contributed by atoms with van der Waals surface area (Å²) in [4.78, 5) is 73.0. The zero-order chi connectivity index (χ0) is 74.6. The minimum Gasteiger partial charge on any atom is -0.462 e. The van der Waals surface area contributed by atoms with E-state index in [1.165, 1.54) is 70.6 Å². The van der Waals surface area contributed by atoms with Crippen LogP contribution < -0.4 is 0 Å². The Labute approximate surface area is 619 Å².